The lowest BCUT2D eigenvalue weighted by molar-refractivity contribution is -0.363. The van der Waals surface area contributed by atoms with E-state index in [1.807, 2.05) is 30.3 Å². The second-order valence-corrected chi connectivity index (χ2v) is 6.93. The molecule has 7 heteroatoms. The molecular formula is C17H14BrN4OS+. The van der Waals surface area contributed by atoms with Gasteiger partial charge in [0.25, 0.3) is 0 Å². The number of aliphatic imine (C=N–C) groups is 1. The van der Waals surface area contributed by atoms with E-state index >= 15 is 0 Å². The Morgan fingerprint density at radius 3 is 2.96 bits per heavy atom. The minimum absolute atomic E-state index is 0.0749. The van der Waals surface area contributed by atoms with Crippen molar-refractivity contribution in [3.63, 3.8) is 0 Å². The summed E-state index contributed by atoms with van der Waals surface area (Å²) in [7, 11) is 0. The summed E-state index contributed by atoms with van der Waals surface area (Å²) in [6, 6.07) is 9.38. The van der Waals surface area contributed by atoms with Gasteiger partial charge in [-0.2, -0.15) is 0 Å². The summed E-state index contributed by atoms with van der Waals surface area (Å²) in [5, 5.41) is 0. The first kappa shape index (κ1) is 16.4. The number of allylic oxidation sites excluding steroid dienone is 2. The number of fused-ring (bicyclic) bond motifs is 1. The highest BCUT2D eigenvalue weighted by molar-refractivity contribution is 9.10. The van der Waals surface area contributed by atoms with Gasteiger partial charge in [-0.1, -0.05) is 24.0 Å². The number of rotatable bonds is 4. The van der Waals surface area contributed by atoms with Crippen molar-refractivity contribution >= 4 is 55.1 Å². The van der Waals surface area contributed by atoms with Crippen LogP contribution in [0.15, 0.2) is 69.1 Å². The van der Waals surface area contributed by atoms with Crippen LogP contribution >= 0.6 is 27.3 Å². The summed E-state index contributed by atoms with van der Waals surface area (Å²) in [6.07, 6.45) is 5.12. The molecule has 0 radical (unpaired) electrons. The lowest BCUT2D eigenvalue weighted by Gasteiger charge is -2.05. The average Bonchev–Trinajstić information content (AvgIpc) is 2.95. The lowest BCUT2D eigenvalue weighted by Crippen LogP contribution is -2.01. The van der Waals surface area contributed by atoms with Crippen LogP contribution in [0.3, 0.4) is 0 Å². The molecule has 2 aromatic heterocycles. The van der Waals surface area contributed by atoms with E-state index in [1.165, 1.54) is 0 Å². The van der Waals surface area contributed by atoms with Crippen LogP contribution < -0.4 is 15.6 Å². The van der Waals surface area contributed by atoms with Gasteiger partial charge < -0.3 is 10.7 Å². The summed E-state index contributed by atoms with van der Waals surface area (Å²) < 4.78 is 1.83. The molecule has 1 aromatic carbocycles. The van der Waals surface area contributed by atoms with Crippen molar-refractivity contribution in [2.45, 2.75) is 0 Å². The van der Waals surface area contributed by atoms with Gasteiger partial charge in [0.1, 0.15) is 12.4 Å². The van der Waals surface area contributed by atoms with Crippen LogP contribution in [0.25, 0.3) is 15.8 Å². The fourth-order valence-electron chi connectivity index (χ4n) is 2.08. The van der Waals surface area contributed by atoms with Crippen LogP contribution in [0, 0.1) is 0 Å². The number of halogens is 1. The van der Waals surface area contributed by atoms with E-state index in [9.17, 15) is 4.79 Å². The number of aromatic amines is 2. The normalized spacial score (nSPS) is 12.1. The van der Waals surface area contributed by atoms with Gasteiger partial charge in [-0.25, -0.2) is 4.98 Å². The molecule has 3 aromatic rings. The third kappa shape index (κ3) is 3.69. The van der Waals surface area contributed by atoms with Crippen LogP contribution in [0.5, 0.6) is 0 Å². The Hall–Kier alpha value is -2.51. The van der Waals surface area contributed by atoms with Gasteiger partial charge >= 0.3 is 10.7 Å². The van der Waals surface area contributed by atoms with Gasteiger partial charge in [0.2, 0.25) is 0 Å². The van der Waals surface area contributed by atoms with E-state index in [-0.39, 0.29) is 4.87 Å². The minimum atomic E-state index is -0.0749. The van der Waals surface area contributed by atoms with Gasteiger partial charge in [-0.15, -0.1) is 0 Å². The van der Waals surface area contributed by atoms with Crippen molar-refractivity contribution in [1.82, 2.24) is 4.98 Å². The average molecular weight is 402 g/mol. The molecule has 0 aliphatic rings. The third-order valence-electron chi connectivity index (χ3n) is 3.34. The molecule has 0 spiro atoms. The second-order valence-electron chi connectivity index (χ2n) is 5.00. The zero-order chi connectivity index (χ0) is 17.1. The highest BCUT2D eigenvalue weighted by Crippen LogP contribution is 2.23. The first-order chi connectivity index (χ1) is 11.5. The summed E-state index contributed by atoms with van der Waals surface area (Å²) in [5.41, 5.74) is 8.96. The standard InChI is InChI=1S/C17H13BrN4OS/c1-10(11-2-4-14-15(8-11)24-17(23)22-14)13(19)6-7-20-16-5-3-12(18)9-21-16/h2-9H,1,19H2,(H,22,23)/p+1. The van der Waals surface area contributed by atoms with Crippen molar-refractivity contribution in [2.75, 3.05) is 0 Å². The number of H-pyrrole nitrogens is 2. The van der Waals surface area contributed by atoms with E-state index in [1.54, 1.807) is 18.5 Å². The number of nitrogens with one attached hydrogen (secondary N) is 2. The largest absolute Gasteiger partial charge is 0.398 e. The molecule has 5 nitrogen and oxygen atoms in total. The Balaban J connectivity index is 1.79. The first-order valence-electron chi connectivity index (χ1n) is 7.02. The molecule has 4 N–H and O–H groups in total. The molecule has 0 fully saturated rings. The molecule has 0 unspecified atom stereocenters. The van der Waals surface area contributed by atoms with Crippen LogP contribution in [0.1, 0.15) is 5.56 Å². The van der Waals surface area contributed by atoms with Crippen molar-refractivity contribution in [1.29, 1.82) is 0 Å². The van der Waals surface area contributed by atoms with E-state index in [2.05, 4.69) is 37.5 Å². The SMILES string of the molecule is C=C(C(N)=CC=Nc1ccc(Br)c[nH+]1)c1ccc2[nH]c(=O)sc2c1. The van der Waals surface area contributed by atoms with Gasteiger partial charge in [-0.3, -0.25) is 4.79 Å². The Morgan fingerprint density at radius 2 is 2.21 bits per heavy atom. The molecular weight excluding hydrogens is 388 g/mol. The highest BCUT2D eigenvalue weighted by atomic mass is 79.9. The molecule has 0 aliphatic carbocycles. The van der Waals surface area contributed by atoms with Crippen molar-refractivity contribution in [2.24, 2.45) is 10.7 Å². The number of hydrogen-bond acceptors (Lipinski definition) is 4. The van der Waals surface area contributed by atoms with Crippen LogP contribution in [-0.4, -0.2) is 11.2 Å². The number of pyridine rings is 1. The fraction of sp³-hybridized carbons (Fsp3) is 0. The lowest BCUT2D eigenvalue weighted by atomic mass is 10.0. The predicted octanol–water partition coefficient (Wildman–Crippen LogP) is 3.42. The molecule has 0 amide bonds. The zero-order valence-electron chi connectivity index (χ0n) is 12.5. The summed E-state index contributed by atoms with van der Waals surface area (Å²) in [6.45, 7) is 4.02. The number of thiazole rings is 1. The zero-order valence-corrected chi connectivity index (χ0v) is 14.9. The van der Waals surface area contributed by atoms with Crippen LogP contribution in [0.4, 0.5) is 5.82 Å². The molecule has 0 saturated heterocycles. The smallest absolute Gasteiger partial charge is 0.320 e. The Kier molecular flexibility index (Phi) is 4.73. The number of nitrogens with zero attached hydrogens (tertiary/aromatic N) is 1. The molecule has 0 bridgehead atoms. The molecule has 0 aliphatic heterocycles. The highest BCUT2D eigenvalue weighted by Gasteiger charge is 2.06. The molecule has 0 saturated carbocycles. The fourth-order valence-corrected chi connectivity index (χ4v) is 3.10. The summed E-state index contributed by atoms with van der Waals surface area (Å²) >= 11 is 4.52. The van der Waals surface area contributed by atoms with E-state index in [4.69, 9.17) is 5.73 Å². The van der Waals surface area contributed by atoms with Gasteiger partial charge in [0.05, 0.1) is 14.7 Å². The maximum absolute atomic E-state index is 11.4. The maximum Gasteiger partial charge on any atom is 0.320 e. The van der Waals surface area contributed by atoms with Gasteiger partial charge in [0.15, 0.2) is 0 Å². The minimum Gasteiger partial charge on any atom is -0.398 e. The molecule has 24 heavy (non-hydrogen) atoms. The number of aromatic nitrogens is 2. The van der Waals surface area contributed by atoms with Crippen molar-refractivity contribution in [3.8, 4) is 0 Å². The molecule has 0 atom stereocenters. The van der Waals surface area contributed by atoms with Crippen LogP contribution in [-0.2, 0) is 0 Å². The quantitative estimate of drug-likeness (QED) is 0.518. The molecule has 2 heterocycles. The summed E-state index contributed by atoms with van der Waals surface area (Å²) in [4.78, 5) is 21.4. The third-order valence-corrected chi connectivity index (χ3v) is 4.68. The number of benzene rings is 1. The topological polar surface area (TPSA) is 85.4 Å². The van der Waals surface area contributed by atoms with Gasteiger partial charge in [0, 0.05) is 17.8 Å². The van der Waals surface area contributed by atoms with Crippen LogP contribution in [0.2, 0.25) is 0 Å². The monoisotopic (exact) mass is 401 g/mol. The van der Waals surface area contributed by atoms with Crippen molar-refractivity contribution < 1.29 is 4.98 Å². The second kappa shape index (κ2) is 6.94. The molecule has 120 valence electrons. The van der Waals surface area contributed by atoms with E-state index in [0.717, 1.165) is 31.6 Å². The van der Waals surface area contributed by atoms with E-state index < -0.39 is 0 Å². The first-order valence-corrected chi connectivity index (χ1v) is 8.63. The Morgan fingerprint density at radius 1 is 1.38 bits per heavy atom. The number of nitrogens with two attached hydrogens (primary N) is 1. The molecule has 3 rings (SSSR count). The van der Waals surface area contributed by atoms with E-state index in [0.29, 0.717) is 17.1 Å². The Bertz CT molecular complexity index is 1010. The predicted molar refractivity (Wildman–Crippen MR) is 103 cm³/mol. The maximum atomic E-state index is 11.4. The summed E-state index contributed by atoms with van der Waals surface area (Å²) in [5.74, 6) is 0.714. The Labute approximate surface area is 150 Å². The number of hydrogen-bond donors (Lipinski definition) is 2. The van der Waals surface area contributed by atoms with Crippen molar-refractivity contribution in [3.05, 3.63) is 74.6 Å². The van der Waals surface area contributed by atoms with Gasteiger partial charge in [-0.05, 0) is 50.3 Å².